The highest BCUT2D eigenvalue weighted by Gasteiger charge is 2.21. The highest BCUT2D eigenvalue weighted by atomic mass is 32.2. The minimum atomic E-state index is -3.91. The number of primary sulfonamides is 1. The standard InChI is InChI=1S/C19H18N4O6S/c1-28-16-11-23(14-7-3-2-4-8-14)22-18(16)19(25)29-12-17(24)21-13-6-5-9-15(10-13)30(20,26)27/h2-11H,12H2,1H3,(H,21,24)(H2,20,26,27). The minimum Gasteiger partial charge on any atom is -0.493 e. The van der Waals surface area contributed by atoms with Crippen molar-refractivity contribution in [2.45, 2.75) is 4.90 Å². The van der Waals surface area contributed by atoms with Crippen molar-refractivity contribution in [3.63, 3.8) is 0 Å². The molecule has 0 aliphatic carbocycles. The van der Waals surface area contributed by atoms with Gasteiger partial charge in [-0.2, -0.15) is 5.10 Å². The van der Waals surface area contributed by atoms with E-state index in [2.05, 4.69) is 10.4 Å². The van der Waals surface area contributed by atoms with Gasteiger partial charge in [0.15, 0.2) is 12.4 Å². The summed E-state index contributed by atoms with van der Waals surface area (Å²) >= 11 is 0. The van der Waals surface area contributed by atoms with E-state index in [0.717, 1.165) is 0 Å². The van der Waals surface area contributed by atoms with Gasteiger partial charge in [-0.3, -0.25) is 4.79 Å². The molecule has 3 N–H and O–H groups in total. The molecule has 11 heteroatoms. The SMILES string of the molecule is COc1cn(-c2ccccc2)nc1C(=O)OCC(=O)Nc1cccc(S(N)(=O)=O)c1. The fourth-order valence-corrected chi connectivity index (χ4v) is 3.07. The van der Waals surface area contributed by atoms with Crippen LogP contribution in [0, 0.1) is 0 Å². The topological polar surface area (TPSA) is 143 Å². The lowest BCUT2D eigenvalue weighted by Gasteiger charge is -2.07. The number of hydrogen-bond donors (Lipinski definition) is 2. The van der Waals surface area contributed by atoms with E-state index < -0.39 is 28.5 Å². The predicted molar refractivity (Wildman–Crippen MR) is 107 cm³/mol. The van der Waals surface area contributed by atoms with Crippen LogP contribution in [-0.4, -0.2) is 43.8 Å². The lowest BCUT2D eigenvalue weighted by molar-refractivity contribution is -0.119. The number of nitrogens with two attached hydrogens (primary N) is 1. The second kappa shape index (κ2) is 8.76. The smallest absolute Gasteiger partial charge is 0.363 e. The number of anilines is 1. The first-order valence-corrected chi connectivity index (χ1v) is 10.1. The van der Waals surface area contributed by atoms with Gasteiger partial charge < -0.3 is 14.8 Å². The summed E-state index contributed by atoms with van der Waals surface area (Å²) in [5.41, 5.74) is 0.807. The molecule has 0 spiro atoms. The number of nitrogens with one attached hydrogen (secondary N) is 1. The van der Waals surface area contributed by atoms with Crippen molar-refractivity contribution in [2.75, 3.05) is 19.0 Å². The number of esters is 1. The molecule has 1 amide bonds. The largest absolute Gasteiger partial charge is 0.493 e. The van der Waals surface area contributed by atoms with E-state index in [1.54, 1.807) is 12.1 Å². The van der Waals surface area contributed by atoms with E-state index in [1.807, 2.05) is 18.2 Å². The van der Waals surface area contributed by atoms with Gasteiger partial charge in [0.2, 0.25) is 15.7 Å². The summed E-state index contributed by atoms with van der Waals surface area (Å²) in [5.74, 6) is -1.34. The molecule has 30 heavy (non-hydrogen) atoms. The van der Waals surface area contributed by atoms with Crippen LogP contribution < -0.4 is 15.2 Å². The van der Waals surface area contributed by atoms with Crippen LogP contribution in [0.3, 0.4) is 0 Å². The highest BCUT2D eigenvalue weighted by Crippen LogP contribution is 2.20. The van der Waals surface area contributed by atoms with Crippen molar-refractivity contribution in [1.82, 2.24) is 9.78 Å². The van der Waals surface area contributed by atoms with Gasteiger partial charge in [0.1, 0.15) is 0 Å². The number of nitrogens with zero attached hydrogens (tertiary/aromatic N) is 2. The molecule has 2 aromatic carbocycles. The van der Waals surface area contributed by atoms with Crippen molar-refractivity contribution in [3.8, 4) is 11.4 Å². The Morgan fingerprint density at radius 2 is 1.87 bits per heavy atom. The Kier molecular flexibility index (Phi) is 6.14. The number of para-hydroxylation sites is 1. The van der Waals surface area contributed by atoms with Gasteiger partial charge in [-0.15, -0.1) is 0 Å². The number of carbonyl (C=O) groups excluding carboxylic acids is 2. The normalized spacial score (nSPS) is 11.0. The third kappa shape index (κ3) is 5.01. The minimum absolute atomic E-state index is 0.0922. The fourth-order valence-electron chi connectivity index (χ4n) is 2.51. The fraction of sp³-hybridized carbons (Fsp3) is 0.105. The average molecular weight is 430 g/mol. The lowest BCUT2D eigenvalue weighted by Crippen LogP contribution is -2.21. The maximum atomic E-state index is 12.4. The van der Waals surface area contributed by atoms with Crippen molar-refractivity contribution >= 4 is 27.6 Å². The van der Waals surface area contributed by atoms with E-state index in [9.17, 15) is 18.0 Å². The summed E-state index contributed by atoms with van der Waals surface area (Å²) in [5, 5.41) is 11.6. The number of hydrogen-bond acceptors (Lipinski definition) is 7. The Morgan fingerprint density at radius 1 is 1.13 bits per heavy atom. The van der Waals surface area contributed by atoms with Gasteiger partial charge in [0.05, 0.1) is 23.9 Å². The molecule has 0 saturated carbocycles. The molecule has 10 nitrogen and oxygen atoms in total. The summed E-state index contributed by atoms with van der Waals surface area (Å²) in [4.78, 5) is 24.3. The van der Waals surface area contributed by atoms with Crippen LogP contribution >= 0.6 is 0 Å². The molecule has 3 rings (SSSR count). The van der Waals surface area contributed by atoms with Gasteiger partial charge in [-0.1, -0.05) is 24.3 Å². The van der Waals surface area contributed by atoms with Crippen LogP contribution in [0.25, 0.3) is 5.69 Å². The zero-order chi connectivity index (χ0) is 21.7. The zero-order valence-corrected chi connectivity index (χ0v) is 16.6. The van der Waals surface area contributed by atoms with Crippen LogP contribution in [0.15, 0.2) is 65.7 Å². The van der Waals surface area contributed by atoms with E-state index in [0.29, 0.717) is 5.69 Å². The first-order chi connectivity index (χ1) is 14.3. The molecule has 0 saturated heterocycles. The molecule has 3 aromatic rings. The maximum Gasteiger partial charge on any atom is 0.363 e. The highest BCUT2D eigenvalue weighted by molar-refractivity contribution is 7.89. The number of amides is 1. The maximum absolute atomic E-state index is 12.4. The van der Waals surface area contributed by atoms with Crippen LogP contribution in [-0.2, 0) is 19.6 Å². The lowest BCUT2D eigenvalue weighted by atomic mass is 10.3. The molecule has 0 aliphatic rings. The van der Waals surface area contributed by atoms with Crippen LogP contribution in [0.4, 0.5) is 5.69 Å². The Balaban J connectivity index is 1.66. The molecular weight excluding hydrogens is 412 g/mol. The van der Waals surface area contributed by atoms with E-state index in [-0.39, 0.29) is 22.0 Å². The van der Waals surface area contributed by atoms with Gasteiger partial charge in [-0.05, 0) is 30.3 Å². The third-order valence-electron chi connectivity index (χ3n) is 3.90. The number of ether oxygens (including phenoxy) is 2. The van der Waals surface area contributed by atoms with Gasteiger partial charge in [-0.25, -0.2) is 23.0 Å². The van der Waals surface area contributed by atoms with Crippen LogP contribution in [0.5, 0.6) is 5.75 Å². The molecule has 156 valence electrons. The van der Waals surface area contributed by atoms with Crippen LogP contribution in [0.2, 0.25) is 0 Å². The Hall–Kier alpha value is -3.70. The number of sulfonamides is 1. The van der Waals surface area contributed by atoms with Gasteiger partial charge in [0.25, 0.3) is 5.91 Å². The molecule has 0 atom stereocenters. The van der Waals surface area contributed by atoms with Crippen molar-refractivity contribution < 1.29 is 27.5 Å². The quantitative estimate of drug-likeness (QED) is 0.538. The van der Waals surface area contributed by atoms with E-state index in [4.69, 9.17) is 14.6 Å². The molecule has 0 aliphatic heterocycles. The van der Waals surface area contributed by atoms with Gasteiger partial charge in [0, 0.05) is 5.69 Å². The van der Waals surface area contributed by atoms with Crippen molar-refractivity contribution in [2.24, 2.45) is 5.14 Å². The molecule has 0 bridgehead atoms. The zero-order valence-electron chi connectivity index (χ0n) is 15.8. The molecule has 0 fully saturated rings. The predicted octanol–water partition coefficient (Wildman–Crippen LogP) is 1.32. The number of benzene rings is 2. The summed E-state index contributed by atoms with van der Waals surface area (Å²) < 4.78 is 34.4. The third-order valence-corrected chi connectivity index (χ3v) is 4.81. The van der Waals surface area contributed by atoms with E-state index in [1.165, 1.54) is 42.3 Å². The number of rotatable bonds is 7. The first-order valence-electron chi connectivity index (χ1n) is 8.57. The summed E-state index contributed by atoms with van der Waals surface area (Å²) in [7, 11) is -2.53. The van der Waals surface area contributed by atoms with E-state index >= 15 is 0 Å². The summed E-state index contributed by atoms with van der Waals surface area (Å²) in [6, 6.07) is 14.4. The van der Waals surface area contributed by atoms with Crippen molar-refractivity contribution in [1.29, 1.82) is 0 Å². The average Bonchev–Trinajstić information content (AvgIpc) is 3.17. The summed E-state index contributed by atoms with van der Waals surface area (Å²) in [6.45, 7) is -0.611. The second-order valence-electron chi connectivity index (χ2n) is 6.02. The number of methoxy groups -OCH3 is 1. The molecule has 1 heterocycles. The number of aromatic nitrogens is 2. The van der Waals surface area contributed by atoms with Crippen molar-refractivity contribution in [3.05, 3.63) is 66.5 Å². The Morgan fingerprint density at radius 3 is 2.53 bits per heavy atom. The van der Waals surface area contributed by atoms with Gasteiger partial charge >= 0.3 is 5.97 Å². The summed E-state index contributed by atoms with van der Waals surface area (Å²) in [6.07, 6.45) is 1.52. The molecule has 1 aromatic heterocycles. The van der Waals surface area contributed by atoms with Crippen LogP contribution in [0.1, 0.15) is 10.5 Å². The molecular formula is C19H18N4O6S. The molecule has 0 radical (unpaired) electrons. The Bertz CT molecular complexity index is 1170. The number of carbonyl (C=O) groups is 2. The molecule has 0 unspecified atom stereocenters. The Labute approximate surface area is 172 Å². The second-order valence-corrected chi connectivity index (χ2v) is 7.58. The first kappa shape index (κ1) is 21.0. The monoisotopic (exact) mass is 430 g/mol.